The molecule has 0 aliphatic carbocycles. The van der Waals surface area contributed by atoms with Crippen LogP contribution in [-0.4, -0.2) is 40.8 Å². The predicted molar refractivity (Wildman–Crippen MR) is 131 cm³/mol. The summed E-state index contributed by atoms with van der Waals surface area (Å²) in [6.07, 6.45) is 3.09. The molecule has 1 aliphatic rings. The zero-order valence-electron chi connectivity index (χ0n) is 20.0. The zero-order valence-corrected chi connectivity index (χ0v) is 20.0. The zero-order chi connectivity index (χ0) is 25.7. The maximum Gasteiger partial charge on any atom is 0.311 e. The van der Waals surface area contributed by atoms with Gasteiger partial charge in [0.2, 0.25) is 5.91 Å². The number of hydrogen-bond acceptors (Lipinski definition) is 6. The van der Waals surface area contributed by atoms with Crippen LogP contribution >= 0.6 is 0 Å². The molecule has 2 heterocycles. The molecule has 2 aromatic carbocycles. The number of nitriles is 1. The molecule has 36 heavy (non-hydrogen) atoms. The molecule has 3 aromatic rings. The third-order valence-corrected chi connectivity index (χ3v) is 6.41. The predicted octanol–water partition coefficient (Wildman–Crippen LogP) is 3.32. The Kier molecular flexibility index (Phi) is 7.40. The largest absolute Gasteiger partial charge is 0.469 e. The molecule has 0 radical (unpaired) electrons. The molecule has 2 amide bonds. The Morgan fingerprint density at radius 2 is 1.83 bits per heavy atom. The summed E-state index contributed by atoms with van der Waals surface area (Å²) >= 11 is 0. The molecular weight excluding hydrogens is 456 g/mol. The number of nitrogens with zero attached hydrogens (tertiary/aromatic N) is 3. The minimum atomic E-state index is -0.909. The SMILES string of the molecule is COC(=O)C1CC(C(=O)NCc2ccc(C)cc2)N(C(=O)c2cccnc2)C1c1ccc(C#N)cc1. The van der Waals surface area contributed by atoms with Gasteiger partial charge in [0, 0.05) is 18.9 Å². The Bertz CT molecular complexity index is 1280. The third kappa shape index (κ3) is 5.10. The van der Waals surface area contributed by atoms with E-state index in [-0.39, 0.29) is 18.9 Å². The van der Waals surface area contributed by atoms with Crippen molar-refractivity contribution in [2.75, 3.05) is 7.11 Å². The highest BCUT2D eigenvalue weighted by Gasteiger charge is 2.51. The number of hydrogen-bond donors (Lipinski definition) is 1. The Balaban J connectivity index is 1.71. The lowest BCUT2D eigenvalue weighted by molar-refractivity contribution is -0.146. The van der Waals surface area contributed by atoms with Gasteiger partial charge < -0.3 is 15.0 Å². The van der Waals surface area contributed by atoms with Gasteiger partial charge in [0.15, 0.2) is 0 Å². The fraction of sp³-hybridized carbons (Fsp3) is 0.250. The fourth-order valence-corrected chi connectivity index (χ4v) is 4.55. The van der Waals surface area contributed by atoms with E-state index in [1.165, 1.54) is 18.2 Å². The van der Waals surface area contributed by atoms with E-state index in [2.05, 4.69) is 16.4 Å². The highest BCUT2D eigenvalue weighted by Crippen LogP contribution is 2.43. The molecule has 182 valence electrons. The first-order chi connectivity index (χ1) is 17.4. The fourth-order valence-electron chi connectivity index (χ4n) is 4.55. The third-order valence-electron chi connectivity index (χ3n) is 6.41. The molecule has 3 atom stereocenters. The van der Waals surface area contributed by atoms with E-state index in [0.717, 1.165) is 11.1 Å². The molecule has 0 saturated carbocycles. The number of likely N-dealkylation sites (tertiary alicyclic amines) is 1. The first-order valence-electron chi connectivity index (χ1n) is 11.6. The van der Waals surface area contributed by atoms with Gasteiger partial charge in [0.05, 0.1) is 36.3 Å². The van der Waals surface area contributed by atoms with E-state index in [4.69, 9.17) is 4.74 Å². The normalized spacial score (nSPS) is 18.8. The molecule has 1 saturated heterocycles. The summed E-state index contributed by atoms with van der Waals surface area (Å²) in [5.41, 5.74) is 3.42. The van der Waals surface area contributed by atoms with Crippen LogP contribution in [0.2, 0.25) is 0 Å². The van der Waals surface area contributed by atoms with Gasteiger partial charge in [-0.05, 0) is 48.7 Å². The number of carbonyl (C=O) groups excluding carboxylic acids is 3. The maximum atomic E-state index is 13.7. The van der Waals surface area contributed by atoms with Gasteiger partial charge in [-0.25, -0.2) is 0 Å². The van der Waals surface area contributed by atoms with Crippen molar-refractivity contribution >= 4 is 17.8 Å². The molecular formula is C28H26N4O4. The highest BCUT2D eigenvalue weighted by molar-refractivity contribution is 5.99. The Labute approximate surface area is 209 Å². The molecule has 3 unspecified atom stereocenters. The van der Waals surface area contributed by atoms with Crippen molar-refractivity contribution < 1.29 is 19.1 Å². The van der Waals surface area contributed by atoms with E-state index in [1.54, 1.807) is 42.6 Å². The monoisotopic (exact) mass is 482 g/mol. The Morgan fingerprint density at radius 3 is 2.44 bits per heavy atom. The van der Waals surface area contributed by atoms with Crippen LogP contribution < -0.4 is 5.32 Å². The molecule has 8 nitrogen and oxygen atoms in total. The number of nitrogens with one attached hydrogen (secondary N) is 1. The van der Waals surface area contributed by atoms with E-state index < -0.39 is 29.9 Å². The summed E-state index contributed by atoms with van der Waals surface area (Å²) in [6, 6.07) is 18.1. The van der Waals surface area contributed by atoms with E-state index in [9.17, 15) is 19.6 Å². The van der Waals surface area contributed by atoms with Crippen molar-refractivity contribution in [1.29, 1.82) is 5.26 Å². The number of ether oxygens (including phenoxy) is 1. The van der Waals surface area contributed by atoms with Crippen LogP contribution in [0.1, 0.15) is 45.1 Å². The average Bonchev–Trinajstić information content (AvgIpc) is 3.33. The van der Waals surface area contributed by atoms with Crippen molar-refractivity contribution in [3.8, 4) is 6.07 Å². The number of pyridine rings is 1. The van der Waals surface area contributed by atoms with Gasteiger partial charge >= 0.3 is 5.97 Å². The topological polar surface area (TPSA) is 112 Å². The van der Waals surface area contributed by atoms with Crippen LogP contribution in [0.4, 0.5) is 0 Å². The van der Waals surface area contributed by atoms with E-state index in [0.29, 0.717) is 16.7 Å². The van der Waals surface area contributed by atoms with Gasteiger partial charge in [0.1, 0.15) is 6.04 Å². The molecule has 1 aromatic heterocycles. The molecule has 0 spiro atoms. The summed E-state index contributed by atoms with van der Waals surface area (Å²) in [5, 5.41) is 12.1. The van der Waals surface area contributed by atoms with Gasteiger partial charge in [0.25, 0.3) is 5.91 Å². The van der Waals surface area contributed by atoms with Crippen LogP contribution in [0.5, 0.6) is 0 Å². The standard InChI is InChI=1S/C28H26N4O4/c1-18-5-7-20(8-6-18)16-31-26(33)24-14-23(28(35)36-2)25(21-11-9-19(15-29)10-12-21)32(24)27(34)22-4-3-13-30-17-22/h3-13,17,23-25H,14,16H2,1-2H3,(H,31,33). The Hall–Kier alpha value is -4.51. The number of aromatic nitrogens is 1. The first-order valence-corrected chi connectivity index (χ1v) is 11.6. The molecule has 1 aliphatic heterocycles. The second-order valence-corrected chi connectivity index (χ2v) is 8.72. The summed E-state index contributed by atoms with van der Waals surface area (Å²) in [6.45, 7) is 2.27. The number of benzene rings is 2. The lowest BCUT2D eigenvalue weighted by atomic mass is 9.92. The van der Waals surface area contributed by atoms with Crippen molar-refractivity contribution in [2.45, 2.75) is 32.0 Å². The number of methoxy groups -OCH3 is 1. The van der Waals surface area contributed by atoms with Crippen LogP contribution in [0.15, 0.2) is 73.1 Å². The number of esters is 1. The quantitative estimate of drug-likeness (QED) is 0.540. The lowest BCUT2D eigenvalue weighted by Gasteiger charge is -2.31. The molecule has 1 N–H and O–H groups in total. The second-order valence-electron chi connectivity index (χ2n) is 8.72. The average molecular weight is 483 g/mol. The number of rotatable bonds is 6. The van der Waals surface area contributed by atoms with Crippen LogP contribution in [0.3, 0.4) is 0 Å². The number of aryl methyl sites for hydroxylation is 1. The minimum Gasteiger partial charge on any atom is -0.469 e. The van der Waals surface area contributed by atoms with Crippen molar-refractivity contribution in [2.24, 2.45) is 5.92 Å². The number of amides is 2. The molecule has 4 rings (SSSR count). The van der Waals surface area contributed by atoms with Gasteiger partial charge in [-0.2, -0.15) is 5.26 Å². The van der Waals surface area contributed by atoms with Gasteiger partial charge in [-0.15, -0.1) is 0 Å². The Morgan fingerprint density at radius 1 is 1.11 bits per heavy atom. The van der Waals surface area contributed by atoms with Crippen molar-refractivity contribution in [3.63, 3.8) is 0 Å². The summed E-state index contributed by atoms with van der Waals surface area (Å²) in [4.78, 5) is 45.5. The maximum absolute atomic E-state index is 13.7. The molecule has 8 heteroatoms. The molecule has 1 fully saturated rings. The smallest absolute Gasteiger partial charge is 0.311 e. The van der Waals surface area contributed by atoms with Crippen molar-refractivity contribution in [3.05, 3.63) is 101 Å². The second kappa shape index (κ2) is 10.8. The summed E-state index contributed by atoms with van der Waals surface area (Å²) in [5.74, 6) is -2.06. The summed E-state index contributed by atoms with van der Waals surface area (Å²) < 4.78 is 5.06. The lowest BCUT2D eigenvalue weighted by Crippen LogP contribution is -2.46. The van der Waals surface area contributed by atoms with Crippen LogP contribution in [0.25, 0.3) is 0 Å². The number of carbonyl (C=O) groups is 3. The minimum absolute atomic E-state index is 0.100. The summed E-state index contributed by atoms with van der Waals surface area (Å²) in [7, 11) is 1.29. The van der Waals surface area contributed by atoms with Crippen molar-refractivity contribution in [1.82, 2.24) is 15.2 Å². The first kappa shape index (κ1) is 24.6. The highest BCUT2D eigenvalue weighted by atomic mass is 16.5. The van der Waals surface area contributed by atoms with Crippen LogP contribution in [0, 0.1) is 24.2 Å². The van der Waals surface area contributed by atoms with E-state index in [1.807, 2.05) is 31.2 Å². The van der Waals surface area contributed by atoms with Gasteiger partial charge in [-0.3, -0.25) is 19.4 Å². The van der Waals surface area contributed by atoms with E-state index >= 15 is 0 Å². The molecule has 0 bridgehead atoms. The van der Waals surface area contributed by atoms with Crippen LogP contribution in [-0.2, 0) is 20.9 Å². The van der Waals surface area contributed by atoms with Gasteiger partial charge in [-0.1, -0.05) is 42.0 Å².